The number of hydrogen-bond donors (Lipinski definition) is 1. The summed E-state index contributed by atoms with van der Waals surface area (Å²) in [6.45, 7) is 2.16. The van der Waals surface area contributed by atoms with Crippen molar-refractivity contribution in [3.05, 3.63) is 35.4 Å². The lowest BCUT2D eigenvalue weighted by Crippen LogP contribution is -2.36. The molecule has 1 aromatic rings. The third-order valence-electron chi connectivity index (χ3n) is 4.07. The van der Waals surface area contributed by atoms with Crippen molar-refractivity contribution >= 4 is 0 Å². The molecule has 1 aliphatic carbocycles. The van der Waals surface area contributed by atoms with E-state index in [9.17, 15) is 13.9 Å². The van der Waals surface area contributed by atoms with Gasteiger partial charge < -0.3 is 5.11 Å². The largest absolute Gasteiger partial charge is 0.390 e. The molecule has 0 aliphatic heterocycles. The van der Waals surface area contributed by atoms with Crippen molar-refractivity contribution < 1.29 is 13.9 Å². The van der Waals surface area contributed by atoms with E-state index >= 15 is 0 Å². The van der Waals surface area contributed by atoms with Gasteiger partial charge in [0.2, 0.25) is 0 Å². The number of halogens is 2. The average Bonchev–Trinajstić information content (AvgIpc) is 2.28. The molecule has 18 heavy (non-hydrogen) atoms. The van der Waals surface area contributed by atoms with E-state index in [1.807, 2.05) is 0 Å². The van der Waals surface area contributed by atoms with Crippen LogP contribution < -0.4 is 0 Å². The topological polar surface area (TPSA) is 20.2 Å². The maximum Gasteiger partial charge on any atom is 0.126 e. The molecule has 1 N–H and O–H groups in total. The van der Waals surface area contributed by atoms with Gasteiger partial charge in [-0.3, -0.25) is 0 Å². The molecule has 0 aromatic heterocycles. The van der Waals surface area contributed by atoms with Crippen LogP contribution in [0.2, 0.25) is 0 Å². The molecule has 2 rings (SSSR count). The predicted octanol–water partition coefficient (Wildman–Crippen LogP) is 3.84. The second-order valence-corrected chi connectivity index (χ2v) is 5.53. The summed E-state index contributed by atoms with van der Waals surface area (Å²) >= 11 is 0. The Morgan fingerprint density at radius 2 is 1.72 bits per heavy atom. The Morgan fingerprint density at radius 1 is 1.17 bits per heavy atom. The van der Waals surface area contributed by atoms with Crippen LogP contribution in [-0.2, 0) is 6.42 Å². The van der Waals surface area contributed by atoms with Crippen molar-refractivity contribution in [3.8, 4) is 0 Å². The summed E-state index contributed by atoms with van der Waals surface area (Å²) in [5, 5.41) is 10.5. The van der Waals surface area contributed by atoms with E-state index in [2.05, 4.69) is 6.92 Å². The lowest BCUT2D eigenvalue weighted by Gasteiger charge is -2.36. The molecule has 0 radical (unpaired) electrons. The SMILES string of the molecule is CCC1CCC(O)(Cc2cc(F)cc(F)c2)CC1. The van der Waals surface area contributed by atoms with E-state index in [0.717, 1.165) is 38.2 Å². The Balaban J connectivity index is 2.04. The minimum absolute atomic E-state index is 0.345. The minimum Gasteiger partial charge on any atom is -0.390 e. The quantitative estimate of drug-likeness (QED) is 0.869. The molecule has 0 unspecified atom stereocenters. The van der Waals surface area contributed by atoms with Crippen LogP contribution in [0.15, 0.2) is 18.2 Å². The van der Waals surface area contributed by atoms with Crippen LogP contribution in [0.25, 0.3) is 0 Å². The summed E-state index contributed by atoms with van der Waals surface area (Å²) < 4.78 is 26.2. The van der Waals surface area contributed by atoms with Crippen molar-refractivity contribution in [1.29, 1.82) is 0 Å². The fourth-order valence-electron chi connectivity index (χ4n) is 2.89. The Hall–Kier alpha value is -0.960. The van der Waals surface area contributed by atoms with Gasteiger partial charge in [-0.1, -0.05) is 13.3 Å². The zero-order chi connectivity index (χ0) is 13.2. The Labute approximate surface area is 107 Å². The molecule has 1 aromatic carbocycles. The van der Waals surface area contributed by atoms with Gasteiger partial charge in [0.1, 0.15) is 11.6 Å². The molecule has 0 saturated heterocycles. The Morgan fingerprint density at radius 3 is 2.22 bits per heavy atom. The molecule has 100 valence electrons. The summed E-state index contributed by atoms with van der Waals surface area (Å²) in [5.74, 6) is -0.457. The molecule has 1 saturated carbocycles. The summed E-state index contributed by atoms with van der Waals surface area (Å²) in [5.41, 5.74) is -0.240. The van der Waals surface area contributed by atoms with Crippen molar-refractivity contribution in [2.75, 3.05) is 0 Å². The molecule has 3 heteroatoms. The molecule has 1 fully saturated rings. The maximum atomic E-state index is 13.1. The molecule has 0 spiro atoms. The average molecular weight is 254 g/mol. The Bertz CT molecular complexity index is 389. The second kappa shape index (κ2) is 5.35. The monoisotopic (exact) mass is 254 g/mol. The Kier molecular flexibility index (Phi) is 4.00. The first-order valence-corrected chi connectivity index (χ1v) is 6.68. The van der Waals surface area contributed by atoms with E-state index in [0.29, 0.717) is 17.9 Å². The van der Waals surface area contributed by atoms with Gasteiger partial charge in [0, 0.05) is 12.5 Å². The van der Waals surface area contributed by atoms with Crippen LogP contribution >= 0.6 is 0 Å². The zero-order valence-electron chi connectivity index (χ0n) is 10.8. The number of rotatable bonds is 3. The molecule has 1 nitrogen and oxygen atoms in total. The highest BCUT2D eigenvalue weighted by atomic mass is 19.1. The maximum absolute atomic E-state index is 13.1. The molecular formula is C15H20F2O. The van der Waals surface area contributed by atoms with Gasteiger partial charge in [-0.05, 0) is 49.3 Å². The van der Waals surface area contributed by atoms with Crippen LogP contribution in [0, 0.1) is 17.6 Å². The zero-order valence-corrected chi connectivity index (χ0v) is 10.8. The lowest BCUT2D eigenvalue weighted by molar-refractivity contribution is -0.00929. The van der Waals surface area contributed by atoms with Gasteiger partial charge in [-0.15, -0.1) is 0 Å². The molecule has 0 bridgehead atoms. The molecular weight excluding hydrogens is 234 g/mol. The van der Waals surface area contributed by atoms with Gasteiger partial charge in [-0.2, -0.15) is 0 Å². The van der Waals surface area contributed by atoms with Gasteiger partial charge in [0.15, 0.2) is 0 Å². The highest BCUT2D eigenvalue weighted by Gasteiger charge is 2.32. The third kappa shape index (κ3) is 3.29. The number of aliphatic hydroxyl groups is 1. The molecule has 1 aliphatic rings. The van der Waals surface area contributed by atoms with Crippen LogP contribution in [0.5, 0.6) is 0 Å². The van der Waals surface area contributed by atoms with Crippen molar-refractivity contribution in [1.82, 2.24) is 0 Å². The minimum atomic E-state index is -0.786. The first-order chi connectivity index (χ1) is 8.50. The van der Waals surface area contributed by atoms with Crippen LogP contribution in [0.4, 0.5) is 8.78 Å². The second-order valence-electron chi connectivity index (χ2n) is 5.53. The summed E-state index contributed by atoms with van der Waals surface area (Å²) in [7, 11) is 0. The van der Waals surface area contributed by atoms with Crippen LogP contribution in [-0.4, -0.2) is 10.7 Å². The van der Waals surface area contributed by atoms with Gasteiger partial charge >= 0.3 is 0 Å². The van der Waals surface area contributed by atoms with E-state index < -0.39 is 17.2 Å². The smallest absolute Gasteiger partial charge is 0.126 e. The highest BCUT2D eigenvalue weighted by molar-refractivity contribution is 5.20. The number of benzene rings is 1. The van der Waals surface area contributed by atoms with Crippen molar-refractivity contribution in [2.24, 2.45) is 5.92 Å². The fourth-order valence-corrected chi connectivity index (χ4v) is 2.89. The van der Waals surface area contributed by atoms with E-state index in [1.165, 1.54) is 12.1 Å². The van der Waals surface area contributed by atoms with Gasteiger partial charge in [0.05, 0.1) is 5.60 Å². The van der Waals surface area contributed by atoms with E-state index in [4.69, 9.17) is 0 Å². The summed E-state index contributed by atoms with van der Waals surface area (Å²) in [6, 6.07) is 3.49. The summed E-state index contributed by atoms with van der Waals surface area (Å²) in [6.07, 6.45) is 4.95. The predicted molar refractivity (Wildman–Crippen MR) is 67.3 cm³/mol. The van der Waals surface area contributed by atoms with Crippen LogP contribution in [0.1, 0.15) is 44.6 Å². The first-order valence-electron chi connectivity index (χ1n) is 6.68. The summed E-state index contributed by atoms with van der Waals surface area (Å²) in [4.78, 5) is 0. The lowest BCUT2D eigenvalue weighted by atomic mass is 9.75. The normalized spacial score (nSPS) is 28.3. The highest BCUT2D eigenvalue weighted by Crippen LogP contribution is 2.35. The van der Waals surface area contributed by atoms with Gasteiger partial charge in [-0.25, -0.2) is 8.78 Å². The molecule has 0 atom stereocenters. The first kappa shape index (κ1) is 13.5. The van der Waals surface area contributed by atoms with Crippen molar-refractivity contribution in [3.63, 3.8) is 0 Å². The third-order valence-corrected chi connectivity index (χ3v) is 4.07. The van der Waals surface area contributed by atoms with E-state index in [-0.39, 0.29) is 0 Å². The molecule has 0 heterocycles. The van der Waals surface area contributed by atoms with Gasteiger partial charge in [0.25, 0.3) is 0 Å². The van der Waals surface area contributed by atoms with Crippen LogP contribution in [0.3, 0.4) is 0 Å². The number of hydrogen-bond acceptors (Lipinski definition) is 1. The van der Waals surface area contributed by atoms with Crippen molar-refractivity contribution in [2.45, 2.75) is 51.0 Å². The molecule has 0 amide bonds. The van der Waals surface area contributed by atoms with E-state index in [1.54, 1.807) is 0 Å². The fraction of sp³-hybridized carbons (Fsp3) is 0.600. The standard InChI is InChI=1S/C15H20F2O/c1-2-11-3-5-15(18,6-4-11)10-12-7-13(16)9-14(17)8-12/h7-9,11,18H,2-6,10H2,1H3.